The zero-order valence-electron chi connectivity index (χ0n) is 18.6. The number of nitrogens with one attached hydrogen (secondary N) is 1. The highest BCUT2D eigenvalue weighted by molar-refractivity contribution is 7.92. The number of hydrogen-bond donors (Lipinski definition) is 1. The number of para-hydroxylation sites is 2. The Labute approximate surface area is 189 Å². The Morgan fingerprint density at radius 3 is 2.09 bits per heavy atom. The van der Waals surface area contributed by atoms with Crippen molar-refractivity contribution in [2.45, 2.75) is 23.3 Å². The minimum absolute atomic E-state index is 0.0217. The molecule has 0 saturated carbocycles. The number of anilines is 2. The molecule has 3 rings (SSSR count). The van der Waals surface area contributed by atoms with Crippen LogP contribution in [0.1, 0.15) is 11.3 Å². The molecule has 11 heteroatoms. The minimum atomic E-state index is -3.93. The first-order valence-electron chi connectivity index (χ1n) is 9.76. The first kappa shape index (κ1) is 23.8. The van der Waals surface area contributed by atoms with Crippen molar-refractivity contribution in [3.8, 4) is 0 Å². The summed E-state index contributed by atoms with van der Waals surface area (Å²) in [7, 11) is -1.01. The third-order valence-electron chi connectivity index (χ3n) is 4.99. The van der Waals surface area contributed by atoms with Gasteiger partial charge in [-0.3, -0.25) is 9.40 Å². The van der Waals surface area contributed by atoms with Crippen LogP contribution in [-0.2, 0) is 33.6 Å². The third-order valence-corrected chi connectivity index (χ3v) is 8.21. The van der Waals surface area contributed by atoms with E-state index in [4.69, 9.17) is 0 Å². The molecule has 2 aromatic carbocycles. The van der Waals surface area contributed by atoms with Gasteiger partial charge >= 0.3 is 0 Å². The molecule has 0 atom stereocenters. The monoisotopic (exact) mass is 477 g/mol. The van der Waals surface area contributed by atoms with Gasteiger partial charge < -0.3 is 4.90 Å². The Hall–Kier alpha value is -2.89. The highest BCUT2D eigenvalue weighted by Crippen LogP contribution is 2.29. The molecule has 1 heterocycles. The van der Waals surface area contributed by atoms with Crippen molar-refractivity contribution >= 4 is 31.4 Å². The number of aromatic nitrogens is 2. The molecule has 0 fully saturated rings. The van der Waals surface area contributed by atoms with E-state index in [2.05, 4.69) is 9.82 Å². The van der Waals surface area contributed by atoms with Crippen LogP contribution in [0, 0.1) is 6.92 Å². The first-order valence-corrected chi connectivity index (χ1v) is 12.7. The van der Waals surface area contributed by atoms with E-state index in [-0.39, 0.29) is 9.79 Å². The van der Waals surface area contributed by atoms with E-state index >= 15 is 0 Å². The summed E-state index contributed by atoms with van der Waals surface area (Å²) >= 11 is 0. The van der Waals surface area contributed by atoms with Crippen LogP contribution in [0.15, 0.2) is 64.5 Å². The highest BCUT2D eigenvalue weighted by atomic mass is 32.2. The number of sulfonamides is 2. The number of aryl methyl sites for hydroxylation is 2. The van der Waals surface area contributed by atoms with Crippen molar-refractivity contribution in [2.75, 3.05) is 30.8 Å². The fourth-order valence-electron chi connectivity index (χ4n) is 3.24. The van der Waals surface area contributed by atoms with Crippen molar-refractivity contribution in [2.24, 2.45) is 7.05 Å². The zero-order valence-corrected chi connectivity index (χ0v) is 20.3. The van der Waals surface area contributed by atoms with Gasteiger partial charge in [0.15, 0.2) is 0 Å². The molecule has 0 spiro atoms. The van der Waals surface area contributed by atoms with Gasteiger partial charge in [-0.1, -0.05) is 12.1 Å². The predicted octanol–water partition coefficient (Wildman–Crippen LogP) is 2.42. The average molecular weight is 478 g/mol. The Kier molecular flexibility index (Phi) is 6.63. The second-order valence-electron chi connectivity index (χ2n) is 7.65. The Morgan fingerprint density at radius 1 is 0.938 bits per heavy atom. The van der Waals surface area contributed by atoms with Crippen LogP contribution in [0.5, 0.6) is 0 Å². The van der Waals surface area contributed by atoms with Gasteiger partial charge in [-0.25, -0.2) is 21.1 Å². The number of rotatable bonds is 8. The normalized spacial score (nSPS) is 12.2. The van der Waals surface area contributed by atoms with Crippen molar-refractivity contribution in [1.29, 1.82) is 0 Å². The smallest absolute Gasteiger partial charge is 0.261 e. The van der Waals surface area contributed by atoms with Crippen molar-refractivity contribution < 1.29 is 16.8 Å². The Bertz CT molecular complexity index is 1310. The molecule has 0 aliphatic heterocycles. The average Bonchev–Trinajstić information content (AvgIpc) is 3.04. The fraction of sp³-hybridized carbons (Fsp3) is 0.286. The summed E-state index contributed by atoms with van der Waals surface area (Å²) in [5.74, 6) is 0. The molecular weight excluding hydrogens is 450 g/mol. The van der Waals surface area contributed by atoms with E-state index < -0.39 is 20.0 Å². The van der Waals surface area contributed by atoms with Gasteiger partial charge in [-0.05, 0) is 43.3 Å². The summed E-state index contributed by atoms with van der Waals surface area (Å²) in [5, 5.41) is 4.35. The lowest BCUT2D eigenvalue weighted by molar-refractivity contribution is 0.520. The van der Waals surface area contributed by atoms with E-state index in [0.717, 1.165) is 15.6 Å². The predicted molar refractivity (Wildman–Crippen MR) is 125 cm³/mol. The Balaban J connectivity index is 1.86. The fourth-order valence-corrected chi connectivity index (χ4v) is 5.22. The van der Waals surface area contributed by atoms with Crippen molar-refractivity contribution in [1.82, 2.24) is 14.1 Å². The quantitative estimate of drug-likeness (QED) is 0.534. The molecule has 0 saturated heterocycles. The van der Waals surface area contributed by atoms with Crippen LogP contribution < -0.4 is 9.62 Å². The molecule has 172 valence electrons. The maximum Gasteiger partial charge on any atom is 0.261 e. The molecule has 0 aliphatic rings. The highest BCUT2D eigenvalue weighted by Gasteiger charge is 2.21. The molecule has 0 radical (unpaired) electrons. The summed E-state index contributed by atoms with van der Waals surface area (Å²) in [6, 6.07) is 12.2. The molecule has 0 bridgehead atoms. The van der Waals surface area contributed by atoms with Crippen molar-refractivity contribution in [3.05, 3.63) is 66.0 Å². The summed E-state index contributed by atoms with van der Waals surface area (Å²) < 4.78 is 55.9. The van der Waals surface area contributed by atoms with Gasteiger partial charge in [-0.15, -0.1) is 0 Å². The van der Waals surface area contributed by atoms with Crippen LogP contribution in [0.4, 0.5) is 11.4 Å². The molecule has 0 amide bonds. The number of hydrogen-bond acceptors (Lipinski definition) is 6. The van der Waals surface area contributed by atoms with Crippen LogP contribution in [0.25, 0.3) is 0 Å². The van der Waals surface area contributed by atoms with E-state index in [9.17, 15) is 16.8 Å². The first-order chi connectivity index (χ1) is 14.9. The van der Waals surface area contributed by atoms with Crippen LogP contribution in [0.2, 0.25) is 0 Å². The molecule has 0 unspecified atom stereocenters. The minimum Gasteiger partial charge on any atom is -0.368 e. The number of nitrogens with zero attached hydrogens (tertiary/aromatic N) is 4. The molecular formula is C21H27N5O4S2. The topological polar surface area (TPSA) is 105 Å². The largest absolute Gasteiger partial charge is 0.368 e. The zero-order chi connectivity index (χ0) is 23.7. The standard InChI is InChI=1S/C21H27N5O4S2/c1-16-17(15-26(5)22-16)14-25(4)21-9-7-6-8-20(21)23-31(27,28)18-10-12-19(13-11-18)32(29,30)24(2)3/h6-13,15,23H,14H2,1-5H3. The van der Waals surface area contributed by atoms with Gasteiger partial charge in [0.05, 0.1) is 26.9 Å². The lowest BCUT2D eigenvalue weighted by Crippen LogP contribution is -2.22. The van der Waals surface area contributed by atoms with E-state index in [0.29, 0.717) is 17.9 Å². The second kappa shape index (κ2) is 8.93. The maximum atomic E-state index is 13.0. The third kappa shape index (κ3) is 4.95. The lowest BCUT2D eigenvalue weighted by Gasteiger charge is -2.23. The van der Waals surface area contributed by atoms with Gasteiger partial charge in [0, 0.05) is 46.5 Å². The van der Waals surface area contributed by atoms with E-state index in [1.165, 1.54) is 38.4 Å². The Morgan fingerprint density at radius 2 is 1.53 bits per heavy atom. The summed E-state index contributed by atoms with van der Waals surface area (Å²) in [6.45, 7) is 2.48. The molecule has 0 aliphatic carbocycles. The van der Waals surface area contributed by atoms with E-state index in [1.807, 2.05) is 44.2 Å². The SMILES string of the molecule is Cc1nn(C)cc1CN(C)c1ccccc1NS(=O)(=O)c1ccc(S(=O)(=O)N(C)C)cc1. The second-order valence-corrected chi connectivity index (χ2v) is 11.5. The molecule has 3 aromatic rings. The summed E-state index contributed by atoms with van der Waals surface area (Å²) in [6.07, 6.45) is 1.93. The van der Waals surface area contributed by atoms with Gasteiger partial charge in [0.1, 0.15) is 0 Å². The molecule has 9 nitrogen and oxygen atoms in total. The van der Waals surface area contributed by atoms with Crippen molar-refractivity contribution in [3.63, 3.8) is 0 Å². The van der Waals surface area contributed by atoms with Gasteiger partial charge in [-0.2, -0.15) is 5.10 Å². The van der Waals surface area contributed by atoms with Crippen LogP contribution in [-0.4, -0.2) is 52.1 Å². The van der Waals surface area contributed by atoms with Gasteiger partial charge in [0.2, 0.25) is 10.0 Å². The lowest BCUT2D eigenvalue weighted by atomic mass is 10.2. The summed E-state index contributed by atoms with van der Waals surface area (Å²) in [4.78, 5) is 1.93. The van der Waals surface area contributed by atoms with Crippen LogP contribution >= 0.6 is 0 Å². The maximum absolute atomic E-state index is 13.0. The summed E-state index contributed by atoms with van der Waals surface area (Å²) in [5.41, 5.74) is 3.06. The number of benzene rings is 2. The van der Waals surface area contributed by atoms with E-state index in [1.54, 1.807) is 16.8 Å². The molecule has 1 aromatic heterocycles. The van der Waals surface area contributed by atoms with Gasteiger partial charge in [0.25, 0.3) is 10.0 Å². The molecule has 1 N–H and O–H groups in total. The van der Waals surface area contributed by atoms with Crippen LogP contribution in [0.3, 0.4) is 0 Å². The molecule has 32 heavy (non-hydrogen) atoms.